The van der Waals surface area contributed by atoms with Gasteiger partial charge in [0, 0.05) is 22.3 Å². The van der Waals surface area contributed by atoms with E-state index in [1.165, 1.54) is 0 Å². The van der Waals surface area contributed by atoms with Crippen LogP contribution in [0, 0.1) is 0 Å². The van der Waals surface area contributed by atoms with Crippen LogP contribution < -0.4 is 11.1 Å². The van der Waals surface area contributed by atoms with Crippen molar-refractivity contribution < 1.29 is 9.90 Å². The van der Waals surface area contributed by atoms with Crippen LogP contribution in [0.4, 0.5) is 5.69 Å². The molecule has 1 aliphatic rings. The van der Waals surface area contributed by atoms with E-state index < -0.39 is 5.60 Å². The Morgan fingerprint density at radius 3 is 2.67 bits per heavy atom. The van der Waals surface area contributed by atoms with Crippen molar-refractivity contribution in [3.63, 3.8) is 0 Å². The molecule has 18 heavy (non-hydrogen) atoms. The fourth-order valence-electron chi connectivity index (χ4n) is 2.30. The van der Waals surface area contributed by atoms with E-state index in [9.17, 15) is 9.90 Å². The maximum absolute atomic E-state index is 11.9. The first-order valence-electron chi connectivity index (χ1n) is 6.05. The van der Waals surface area contributed by atoms with Gasteiger partial charge < -0.3 is 16.2 Å². The molecule has 0 aliphatic heterocycles. The van der Waals surface area contributed by atoms with Gasteiger partial charge in [0.05, 0.1) is 5.60 Å². The zero-order chi connectivity index (χ0) is 13.2. The first-order chi connectivity index (χ1) is 8.48. The number of nitrogen functional groups attached to an aromatic ring is 1. The minimum atomic E-state index is -0.729. The number of hydrogen-bond acceptors (Lipinski definition) is 3. The van der Waals surface area contributed by atoms with Crippen molar-refractivity contribution in [1.82, 2.24) is 5.32 Å². The molecule has 1 amide bonds. The first-order valence-corrected chi connectivity index (χ1v) is 6.84. The molecule has 0 atom stereocenters. The molecule has 1 aromatic rings. The quantitative estimate of drug-likeness (QED) is 0.748. The lowest BCUT2D eigenvalue weighted by Gasteiger charge is -2.22. The predicted octanol–water partition coefficient (Wildman–Crippen LogP) is 2.07. The molecule has 1 aliphatic carbocycles. The van der Waals surface area contributed by atoms with E-state index in [0.29, 0.717) is 17.8 Å². The van der Waals surface area contributed by atoms with Crippen LogP contribution in [0.1, 0.15) is 36.0 Å². The van der Waals surface area contributed by atoms with Gasteiger partial charge in [0.2, 0.25) is 0 Å². The normalized spacial score (nSPS) is 17.7. The van der Waals surface area contributed by atoms with Crippen molar-refractivity contribution in [1.29, 1.82) is 0 Å². The van der Waals surface area contributed by atoms with E-state index in [2.05, 4.69) is 21.2 Å². The van der Waals surface area contributed by atoms with Gasteiger partial charge in [-0.1, -0.05) is 28.8 Å². The highest BCUT2D eigenvalue weighted by molar-refractivity contribution is 9.10. The second-order valence-corrected chi connectivity index (χ2v) is 5.80. The Morgan fingerprint density at radius 1 is 1.39 bits per heavy atom. The molecule has 5 heteroatoms. The van der Waals surface area contributed by atoms with Gasteiger partial charge in [-0.3, -0.25) is 4.79 Å². The van der Waals surface area contributed by atoms with Gasteiger partial charge in [-0.25, -0.2) is 0 Å². The Balaban J connectivity index is 1.99. The van der Waals surface area contributed by atoms with Crippen LogP contribution in [-0.2, 0) is 0 Å². The molecule has 0 radical (unpaired) electrons. The number of halogens is 1. The molecule has 0 saturated heterocycles. The SMILES string of the molecule is Nc1cc(Br)cc(C(=O)NCC2(O)CCCC2)c1. The summed E-state index contributed by atoms with van der Waals surface area (Å²) < 4.78 is 0.771. The zero-order valence-corrected chi connectivity index (χ0v) is 11.7. The third-order valence-electron chi connectivity index (χ3n) is 3.29. The lowest BCUT2D eigenvalue weighted by atomic mass is 10.0. The molecule has 98 valence electrons. The Morgan fingerprint density at radius 2 is 2.06 bits per heavy atom. The van der Waals surface area contributed by atoms with E-state index in [4.69, 9.17) is 5.73 Å². The number of aliphatic hydroxyl groups is 1. The summed E-state index contributed by atoms with van der Waals surface area (Å²) in [6.07, 6.45) is 3.56. The lowest BCUT2D eigenvalue weighted by Crippen LogP contribution is -2.40. The largest absolute Gasteiger partial charge is 0.399 e. The maximum atomic E-state index is 11.9. The number of rotatable bonds is 3. The van der Waals surface area contributed by atoms with Gasteiger partial charge in [-0.2, -0.15) is 0 Å². The van der Waals surface area contributed by atoms with Crippen LogP contribution in [0.3, 0.4) is 0 Å². The molecule has 4 nitrogen and oxygen atoms in total. The van der Waals surface area contributed by atoms with Crippen molar-refractivity contribution in [2.75, 3.05) is 12.3 Å². The molecule has 0 spiro atoms. The standard InChI is InChI=1S/C13H17BrN2O2/c14-10-5-9(6-11(15)7-10)12(17)16-8-13(18)3-1-2-4-13/h5-7,18H,1-4,8,15H2,(H,16,17). The van der Waals surface area contributed by atoms with Crippen LogP contribution in [0.2, 0.25) is 0 Å². The molecule has 1 saturated carbocycles. The van der Waals surface area contributed by atoms with Gasteiger partial charge in [0.25, 0.3) is 5.91 Å². The number of amides is 1. The van der Waals surface area contributed by atoms with Gasteiger partial charge in [0.15, 0.2) is 0 Å². The van der Waals surface area contributed by atoms with Crippen molar-refractivity contribution in [2.24, 2.45) is 0 Å². The van der Waals surface area contributed by atoms with Crippen LogP contribution in [0.25, 0.3) is 0 Å². The summed E-state index contributed by atoms with van der Waals surface area (Å²) in [6, 6.07) is 5.07. The van der Waals surface area contributed by atoms with Crippen molar-refractivity contribution in [2.45, 2.75) is 31.3 Å². The molecule has 0 aromatic heterocycles. The summed E-state index contributed by atoms with van der Waals surface area (Å²) in [5, 5.41) is 12.9. The number of nitrogens with two attached hydrogens (primary N) is 1. The monoisotopic (exact) mass is 312 g/mol. The molecule has 0 unspecified atom stereocenters. The molecule has 1 fully saturated rings. The highest BCUT2D eigenvalue weighted by Gasteiger charge is 2.31. The highest BCUT2D eigenvalue weighted by atomic mass is 79.9. The average Bonchev–Trinajstić information content (AvgIpc) is 2.72. The van der Waals surface area contributed by atoms with Gasteiger partial charge in [-0.15, -0.1) is 0 Å². The molecular formula is C13H17BrN2O2. The average molecular weight is 313 g/mol. The van der Waals surface area contributed by atoms with Crippen LogP contribution in [-0.4, -0.2) is 23.2 Å². The molecule has 2 rings (SSSR count). The molecular weight excluding hydrogens is 296 g/mol. The van der Waals surface area contributed by atoms with E-state index >= 15 is 0 Å². The minimum Gasteiger partial charge on any atom is -0.399 e. The molecule has 0 heterocycles. The summed E-state index contributed by atoms with van der Waals surface area (Å²) in [5.41, 5.74) is 5.99. The summed E-state index contributed by atoms with van der Waals surface area (Å²) in [4.78, 5) is 11.9. The number of hydrogen-bond donors (Lipinski definition) is 3. The summed E-state index contributed by atoms with van der Waals surface area (Å²) >= 11 is 3.30. The highest BCUT2D eigenvalue weighted by Crippen LogP contribution is 2.28. The summed E-state index contributed by atoms with van der Waals surface area (Å²) in [5.74, 6) is -0.205. The predicted molar refractivity (Wildman–Crippen MR) is 74.3 cm³/mol. The van der Waals surface area contributed by atoms with Crippen LogP contribution >= 0.6 is 15.9 Å². The zero-order valence-electron chi connectivity index (χ0n) is 10.1. The number of carbonyl (C=O) groups excluding carboxylic acids is 1. The van der Waals surface area contributed by atoms with Crippen molar-refractivity contribution in [3.8, 4) is 0 Å². The smallest absolute Gasteiger partial charge is 0.251 e. The molecule has 1 aromatic carbocycles. The summed E-state index contributed by atoms with van der Waals surface area (Å²) in [6.45, 7) is 0.304. The van der Waals surface area contributed by atoms with Crippen molar-refractivity contribution >= 4 is 27.5 Å². The van der Waals surface area contributed by atoms with Crippen LogP contribution in [0.5, 0.6) is 0 Å². The van der Waals surface area contributed by atoms with Crippen LogP contribution in [0.15, 0.2) is 22.7 Å². The van der Waals surface area contributed by atoms with Gasteiger partial charge >= 0.3 is 0 Å². The Labute approximate surface area is 115 Å². The minimum absolute atomic E-state index is 0.205. The number of benzene rings is 1. The maximum Gasteiger partial charge on any atom is 0.251 e. The second-order valence-electron chi connectivity index (χ2n) is 4.89. The van der Waals surface area contributed by atoms with E-state index in [1.54, 1.807) is 18.2 Å². The van der Waals surface area contributed by atoms with E-state index in [0.717, 1.165) is 30.2 Å². The third-order valence-corrected chi connectivity index (χ3v) is 3.75. The Bertz CT molecular complexity index is 436. The lowest BCUT2D eigenvalue weighted by molar-refractivity contribution is 0.0449. The Hall–Kier alpha value is -1.07. The van der Waals surface area contributed by atoms with Gasteiger partial charge in [-0.05, 0) is 31.0 Å². The topological polar surface area (TPSA) is 75.4 Å². The fourth-order valence-corrected chi connectivity index (χ4v) is 2.81. The third kappa shape index (κ3) is 3.23. The second kappa shape index (κ2) is 5.28. The number of nitrogens with one attached hydrogen (secondary N) is 1. The summed E-state index contributed by atoms with van der Waals surface area (Å²) in [7, 11) is 0. The first kappa shape index (κ1) is 13.4. The van der Waals surface area contributed by atoms with E-state index in [1.807, 2.05) is 0 Å². The molecule has 0 bridgehead atoms. The fraction of sp³-hybridized carbons (Fsp3) is 0.462. The van der Waals surface area contributed by atoms with Crippen molar-refractivity contribution in [3.05, 3.63) is 28.2 Å². The van der Waals surface area contributed by atoms with E-state index in [-0.39, 0.29) is 5.91 Å². The van der Waals surface area contributed by atoms with Gasteiger partial charge in [0.1, 0.15) is 0 Å². The molecule has 4 N–H and O–H groups in total. The Kier molecular flexibility index (Phi) is 3.92. The number of anilines is 1. The number of carbonyl (C=O) groups is 1.